The first-order chi connectivity index (χ1) is 8.61. The summed E-state index contributed by atoms with van der Waals surface area (Å²) in [6.45, 7) is 0. The second kappa shape index (κ2) is 5.65. The average molecular weight is 328 g/mol. The SMILES string of the molecule is CNC(c1ccc(Br)cn1)c1cc(Cl)cnc1N. The van der Waals surface area contributed by atoms with Gasteiger partial charge < -0.3 is 11.1 Å². The molecule has 0 aromatic carbocycles. The summed E-state index contributed by atoms with van der Waals surface area (Å²) in [5.74, 6) is 0.448. The van der Waals surface area contributed by atoms with Gasteiger partial charge in [-0.25, -0.2) is 4.98 Å². The van der Waals surface area contributed by atoms with Gasteiger partial charge >= 0.3 is 0 Å². The molecule has 2 aromatic heterocycles. The highest BCUT2D eigenvalue weighted by atomic mass is 79.9. The molecular weight excluding hydrogens is 316 g/mol. The van der Waals surface area contributed by atoms with Gasteiger partial charge in [0.2, 0.25) is 0 Å². The summed E-state index contributed by atoms with van der Waals surface area (Å²) < 4.78 is 0.929. The van der Waals surface area contributed by atoms with Crippen LogP contribution in [0.1, 0.15) is 17.3 Å². The third-order valence-electron chi connectivity index (χ3n) is 2.56. The number of hydrogen-bond donors (Lipinski definition) is 2. The molecule has 6 heteroatoms. The molecule has 3 N–H and O–H groups in total. The minimum Gasteiger partial charge on any atom is -0.383 e. The molecule has 0 saturated carbocycles. The molecule has 2 aromatic rings. The molecule has 0 saturated heterocycles. The predicted octanol–water partition coefficient (Wildman–Crippen LogP) is 2.78. The summed E-state index contributed by atoms with van der Waals surface area (Å²) in [6.07, 6.45) is 3.27. The van der Waals surface area contributed by atoms with Gasteiger partial charge in [0.05, 0.1) is 16.8 Å². The Bertz CT molecular complexity index is 544. The van der Waals surface area contributed by atoms with E-state index in [1.807, 2.05) is 19.2 Å². The number of rotatable bonds is 3. The van der Waals surface area contributed by atoms with Crippen LogP contribution in [0.4, 0.5) is 5.82 Å². The Hall–Kier alpha value is -1.17. The first-order valence-corrected chi connectivity index (χ1v) is 6.48. The number of hydrogen-bond acceptors (Lipinski definition) is 4. The fourth-order valence-corrected chi connectivity index (χ4v) is 2.12. The molecule has 94 valence electrons. The number of halogens is 2. The van der Waals surface area contributed by atoms with Gasteiger partial charge in [0.25, 0.3) is 0 Å². The van der Waals surface area contributed by atoms with Gasteiger partial charge in [-0.1, -0.05) is 11.6 Å². The lowest BCUT2D eigenvalue weighted by molar-refractivity contribution is 0.670. The molecule has 2 heterocycles. The Labute approximate surface area is 119 Å². The third-order valence-corrected chi connectivity index (χ3v) is 3.24. The van der Waals surface area contributed by atoms with Crippen molar-refractivity contribution < 1.29 is 0 Å². The Morgan fingerprint density at radius 1 is 1.33 bits per heavy atom. The van der Waals surface area contributed by atoms with Crippen molar-refractivity contribution in [2.75, 3.05) is 12.8 Å². The molecular formula is C12H12BrClN4. The lowest BCUT2D eigenvalue weighted by Crippen LogP contribution is -2.20. The number of pyridine rings is 2. The molecule has 0 fully saturated rings. The van der Waals surface area contributed by atoms with E-state index in [4.69, 9.17) is 17.3 Å². The van der Waals surface area contributed by atoms with Crippen LogP contribution in [0.3, 0.4) is 0 Å². The average Bonchev–Trinajstić information content (AvgIpc) is 2.37. The Balaban J connectivity index is 2.44. The summed E-state index contributed by atoms with van der Waals surface area (Å²) in [5, 5.41) is 3.72. The van der Waals surface area contributed by atoms with E-state index in [-0.39, 0.29) is 6.04 Å². The number of nitrogens with one attached hydrogen (secondary N) is 1. The number of aromatic nitrogens is 2. The Morgan fingerprint density at radius 2 is 2.11 bits per heavy atom. The highest BCUT2D eigenvalue weighted by molar-refractivity contribution is 9.10. The minimum absolute atomic E-state index is 0.135. The van der Waals surface area contributed by atoms with Crippen molar-refractivity contribution in [3.63, 3.8) is 0 Å². The van der Waals surface area contributed by atoms with Crippen molar-refractivity contribution >= 4 is 33.3 Å². The van der Waals surface area contributed by atoms with Crippen LogP contribution in [0.25, 0.3) is 0 Å². The fourth-order valence-electron chi connectivity index (χ4n) is 1.72. The lowest BCUT2D eigenvalue weighted by atomic mass is 10.0. The van der Waals surface area contributed by atoms with Gasteiger partial charge in [0.15, 0.2) is 0 Å². The van der Waals surface area contributed by atoms with Crippen molar-refractivity contribution in [2.24, 2.45) is 0 Å². The molecule has 0 amide bonds. The zero-order valence-electron chi connectivity index (χ0n) is 9.69. The van der Waals surface area contributed by atoms with Gasteiger partial charge in [0, 0.05) is 22.4 Å². The number of nitrogens with zero attached hydrogens (tertiary/aromatic N) is 2. The van der Waals surface area contributed by atoms with E-state index in [0.29, 0.717) is 10.8 Å². The second-order valence-electron chi connectivity index (χ2n) is 3.75. The minimum atomic E-state index is -0.135. The highest BCUT2D eigenvalue weighted by Crippen LogP contribution is 2.26. The topological polar surface area (TPSA) is 63.8 Å². The molecule has 0 aliphatic carbocycles. The first-order valence-electron chi connectivity index (χ1n) is 5.31. The van der Waals surface area contributed by atoms with Crippen LogP contribution in [-0.4, -0.2) is 17.0 Å². The van der Waals surface area contributed by atoms with Gasteiger partial charge in [-0.2, -0.15) is 0 Å². The van der Waals surface area contributed by atoms with Gasteiger partial charge in [-0.15, -0.1) is 0 Å². The molecule has 0 spiro atoms. The second-order valence-corrected chi connectivity index (χ2v) is 5.10. The lowest BCUT2D eigenvalue weighted by Gasteiger charge is -2.17. The number of nitrogens with two attached hydrogens (primary N) is 1. The standard InChI is InChI=1S/C12H12BrClN4/c1-16-11(10-3-2-7(13)5-17-10)9-4-8(14)6-18-12(9)15/h2-6,11,16H,1H3,(H2,15,18). The van der Waals surface area contributed by atoms with E-state index in [0.717, 1.165) is 15.7 Å². The van der Waals surface area contributed by atoms with E-state index in [9.17, 15) is 0 Å². The Morgan fingerprint density at radius 3 is 2.72 bits per heavy atom. The largest absolute Gasteiger partial charge is 0.383 e. The van der Waals surface area contributed by atoms with Gasteiger partial charge in [-0.3, -0.25) is 4.98 Å². The quantitative estimate of drug-likeness (QED) is 0.910. The number of nitrogen functional groups attached to an aromatic ring is 1. The maximum Gasteiger partial charge on any atom is 0.128 e. The van der Waals surface area contributed by atoms with Crippen molar-refractivity contribution in [3.05, 3.63) is 51.3 Å². The zero-order chi connectivity index (χ0) is 13.1. The molecule has 1 unspecified atom stereocenters. The molecule has 0 aliphatic rings. The molecule has 0 bridgehead atoms. The van der Waals surface area contributed by atoms with Crippen molar-refractivity contribution in [1.29, 1.82) is 0 Å². The van der Waals surface area contributed by atoms with Crippen LogP contribution in [0.2, 0.25) is 5.02 Å². The molecule has 18 heavy (non-hydrogen) atoms. The molecule has 4 nitrogen and oxygen atoms in total. The third kappa shape index (κ3) is 2.80. The first kappa shape index (κ1) is 13.3. The predicted molar refractivity (Wildman–Crippen MR) is 76.5 cm³/mol. The number of anilines is 1. The molecule has 1 atom stereocenters. The molecule has 0 radical (unpaired) electrons. The van der Waals surface area contributed by atoms with Crippen LogP contribution < -0.4 is 11.1 Å². The maximum atomic E-state index is 5.96. The van der Waals surface area contributed by atoms with E-state index in [1.54, 1.807) is 12.3 Å². The van der Waals surface area contributed by atoms with E-state index < -0.39 is 0 Å². The summed E-state index contributed by atoms with van der Waals surface area (Å²) in [5.41, 5.74) is 7.56. The van der Waals surface area contributed by atoms with Crippen LogP contribution >= 0.6 is 27.5 Å². The van der Waals surface area contributed by atoms with Crippen molar-refractivity contribution in [2.45, 2.75) is 6.04 Å². The zero-order valence-corrected chi connectivity index (χ0v) is 12.0. The van der Waals surface area contributed by atoms with Crippen molar-refractivity contribution in [1.82, 2.24) is 15.3 Å². The summed E-state index contributed by atoms with van der Waals surface area (Å²) in [7, 11) is 1.84. The fraction of sp³-hybridized carbons (Fsp3) is 0.167. The highest BCUT2D eigenvalue weighted by Gasteiger charge is 2.17. The van der Waals surface area contributed by atoms with E-state index in [1.165, 1.54) is 6.20 Å². The monoisotopic (exact) mass is 326 g/mol. The Kier molecular flexibility index (Phi) is 4.16. The smallest absolute Gasteiger partial charge is 0.128 e. The van der Waals surface area contributed by atoms with Gasteiger partial charge in [-0.05, 0) is 41.2 Å². The van der Waals surface area contributed by atoms with Gasteiger partial charge in [0.1, 0.15) is 5.82 Å². The summed E-state index contributed by atoms with van der Waals surface area (Å²) in [6, 6.07) is 5.52. The maximum absolute atomic E-state index is 5.96. The van der Waals surface area contributed by atoms with Crippen molar-refractivity contribution in [3.8, 4) is 0 Å². The molecule has 0 aliphatic heterocycles. The van der Waals surface area contributed by atoms with Crippen LogP contribution in [0.15, 0.2) is 35.1 Å². The van der Waals surface area contributed by atoms with E-state index >= 15 is 0 Å². The van der Waals surface area contributed by atoms with Crippen LogP contribution in [0, 0.1) is 0 Å². The normalized spacial score (nSPS) is 12.4. The van der Waals surface area contributed by atoms with E-state index in [2.05, 4.69) is 31.2 Å². The summed E-state index contributed by atoms with van der Waals surface area (Å²) >= 11 is 9.31. The summed E-state index contributed by atoms with van der Waals surface area (Å²) in [4.78, 5) is 8.42. The van der Waals surface area contributed by atoms with Crippen LogP contribution in [-0.2, 0) is 0 Å². The van der Waals surface area contributed by atoms with Crippen LogP contribution in [0.5, 0.6) is 0 Å². The molecule has 2 rings (SSSR count).